The van der Waals surface area contributed by atoms with Crippen LogP contribution in [0.4, 0.5) is 5.82 Å². The number of nitrogens with two attached hydrogens (primary N) is 1. The SMILES string of the molecule is CC(C)(C)SSCO[C@@H]1C[C@H](n2ccc(N)nc2=O)OC1COP(=O)(O)OP(=O)(O)OP(=O)(O)O. The molecule has 1 saturated heterocycles. The van der Waals surface area contributed by atoms with Crippen molar-refractivity contribution in [3.63, 3.8) is 0 Å². The molecule has 1 aromatic heterocycles. The van der Waals surface area contributed by atoms with Gasteiger partial charge < -0.3 is 34.8 Å². The molecule has 1 aliphatic rings. The van der Waals surface area contributed by atoms with Gasteiger partial charge in [-0.3, -0.25) is 9.09 Å². The van der Waals surface area contributed by atoms with Gasteiger partial charge in [-0.25, -0.2) is 18.5 Å². The van der Waals surface area contributed by atoms with E-state index in [0.717, 1.165) is 4.57 Å². The second-order valence-electron chi connectivity index (χ2n) is 7.93. The van der Waals surface area contributed by atoms with Crippen LogP contribution in [0.15, 0.2) is 17.1 Å². The highest BCUT2D eigenvalue weighted by Crippen LogP contribution is 2.66. The van der Waals surface area contributed by atoms with E-state index in [0.29, 0.717) is 0 Å². The van der Waals surface area contributed by atoms with Crippen LogP contribution in [0.3, 0.4) is 0 Å². The molecular formula is C14H26N3O13P3S2. The van der Waals surface area contributed by atoms with Crippen molar-refractivity contribution < 1.29 is 55.9 Å². The molecule has 0 spiro atoms. The van der Waals surface area contributed by atoms with Gasteiger partial charge in [-0.1, -0.05) is 42.4 Å². The van der Waals surface area contributed by atoms with Crippen LogP contribution in [0.1, 0.15) is 33.4 Å². The van der Waals surface area contributed by atoms with Crippen molar-refractivity contribution in [1.82, 2.24) is 9.55 Å². The number of rotatable bonds is 12. The van der Waals surface area contributed by atoms with Crippen LogP contribution in [0.5, 0.6) is 0 Å². The highest BCUT2D eigenvalue weighted by atomic mass is 33.1. The second kappa shape index (κ2) is 12.0. The fourth-order valence-corrected chi connectivity index (χ4v) is 7.66. The highest BCUT2D eigenvalue weighted by Gasteiger charge is 2.43. The average molecular weight is 601 g/mol. The molecule has 0 saturated carbocycles. The normalized spacial score (nSPS) is 24.7. The van der Waals surface area contributed by atoms with Gasteiger partial charge in [0.2, 0.25) is 0 Å². The largest absolute Gasteiger partial charge is 0.490 e. The van der Waals surface area contributed by atoms with Gasteiger partial charge in [-0.15, -0.1) is 0 Å². The van der Waals surface area contributed by atoms with Crippen molar-refractivity contribution in [3.05, 3.63) is 22.7 Å². The molecule has 0 aromatic carbocycles. The lowest BCUT2D eigenvalue weighted by Gasteiger charge is -2.22. The van der Waals surface area contributed by atoms with Crippen LogP contribution >= 0.6 is 45.1 Å². The van der Waals surface area contributed by atoms with E-state index in [1.165, 1.54) is 23.1 Å². The summed E-state index contributed by atoms with van der Waals surface area (Å²) >= 11 is 0. The molecule has 21 heteroatoms. The summed E-state index contributed by atoms with van der Waals surface area (Å²) in [5.41, 5.74) is 4.78. The van der Waals surface area contributed by atoms with Gasteiger partial charge in [-0.2, -0.15) is 13.6 Å². The molecule has 6 N–H and O–H groups in total. The van der Waals surface area contributed by atoms with E-state index in [1.54, 1.807) is 10.8 Å². The summed E-state index contributed by atoms with van der Waals surface area (Å²) in [6.45, 7) is 5.29. The zero-order valence-electron chi connectivity index (χ0n) is 18.6. The Morgan fingerprint density at radius 1 is 1.20 bits per heavy atom. The maximum atomic E-state index is 12.2. The van der Waals surface area contributed by atoms with Crippen molar-refractivity contribution in [2.75, 3.05) is 18.3 Å². The molecule has 0 aliphatic carbocycles. The molecule has 16 nitrogen and oxygen atoms in total. The first-order valence-electron chi connectivity index (χ1n) is 9.56. The van der Waals surface area contributed by atoms with Gasteiger partial charge in [0.1, 0.15) is 24.1 Å². The number of hydrogen-bond donors (Lipinski definition) is 5. The topological polar surface area (TPSA) is 239 Å². The maximum Gasteiger partial charge on any atom is 0.490 e. The number of phosphoric acid groups is 3. The minimum atomic E-state index is -5.67. The van der Waals surface area contributed by atoms with Gasteiger partial charge in [0.05, 0.1) is 12.7 Å². The minimum Gasteiger partial charge on any atom is -0.383 e. The van der Waals surface area contributed by atoms with Crippen molar-refractivity contribution in [1.29, 1.82) is 0 Å². The van der Waals surface area contributed by atoms with Gasteiger partial charge in [0.25, 0.3) is 0 Å². The molecule has 0 amide bonds. The summed E-state index contributed by atoms with van der Waals surface area (Å²) in [7, 11) is -13.6. The number of aromatic nitrogens is 2. The van der Waals surface area contributed by atoms with Gasteiger partial charge in [0, 0.05) is 17.4 Å². The zero-order valence-corrected chi connectivity index (χ0v) is 22.9. The first-order valence-corrected chi connectivity index (χ1v) is 16.4. The van der Waals surface area contributed by atoms with E-state index in [4.69, 9.17) is 25.0 Å². The molecule has 0 bridgehead atoms. The third-order valence-electron chi connectivity index (χ3n) is 3.80. The molecule has 1 aromatic rings. The third-order valence-corrected chi connectivity index (χ3v) is 10.6. The lowest BCUT2D eigenvalue weighted by Crippen LogP contribution is -2.29. The first-order chi connectivity index (χ1) is 15.9. The van der Waals surface area contributed by atoms with Crippen molar-refractivity contribution in [2.45, 2.75) is 50.4 Å². The average Bonchev–Trinajstić information content (AvgIpc) is 3.02. The van der Waals surface area contributed by atoms with E-state index in [9.17, 15) is 28.3 Å². The summed E-state index contributed by atoms with van der Waals surface area (Å²) in [6.07, 6.45) is -1.27. The molecular weight excluding hydrogens is 575 g/mol. The van der Waals surface area contributed by atoms with Crippen LogP contribution in [0, 0.1) is 0 Å². The molecule has 5 atom stereocenters. The van der Waals surface area contributed by atoms with Crippen molar-refractivity contribution >= 4 is 50.9 Å². The Morgan fingerprint density at radius 2 is 1.86 bits per heavy atom. The zero-order chi connectivity index (χ0) is 26.7. The summed E-state index contributed by atoms with van der Waals surface area (Å²) in [5, 5.41) is 0. The fourth-order valence-electron chi connectivity index (χ4n) is 2.63. The molecule has 2 heterocycles. The highest BCUT2D eigenvalue weighted by molar-refractivity contribution is 8.77. The molecule has 35 heavy (non-hydrogen) atoms. The molecule has 1 aliphatic heterocycles. The Morgan fingerprint density at radius 3 is 2.43 bits per heavy atom. The van der Waals surface area contributed by atoms with E-state index in [-0.39, 0.29) is 22.9 Å². The number of phosphoric ester groups is 1. The number of ether oxygens (including phenoxy) is 2. The van der Waals surface area contributed by atoms with Crippen LogP contribution in [-0.4, -0.2) is 58.6 Å². The van der Waals surface area contributed by atoms with E-state index < -0.39 is 54.2 Å². The molecule has 2 rings (SSSR count). The third kappa shape index (κ3) is 11.3. The lowest BCUT2D eigenvalue weighted by molar-refractivity contribution is -0.0543. The Hall–Kier alpha value is -0.290. The smallest absolute Gasteiger partial charge is 0.383 e. The quantitative estimate of drug-likeness (QED) is 0.0995. The van der Waals surface area contributed by atoms with E-state index in [1.807, 2.05) is 20.8 Å². The molecule has 0 radical (unpaired) electrons. The monoisotopic (exact) mass is 601 g/mol. The fraction of sp³-hybridized carbons (Fsp3) is 0.714. The minimum absolute atomic E-state index is 0.00291. The Kier molecular flexibility index (Phi) is 10.6. The number of hydrogen-bond acceptors (Lipinski definition) is 13. The molecule has 1 fully saturated rings. The van der Waals surface area contributed by atoms with Crippen LogP contribution < -0.4 is 11.4 Å². The Labute approximate surface area is 207 Å². The molecule has 3 unspecified atom stereocenters. The summed E-state index contributed by atoms with van der Waals surface area (Å²) in [6, 6.07) is 1.37. The first kappa shape index (κ1) is 30.9. The second-order valence-corrected chi connectivity index (χ2v) is 15.4. The Balaban J connectivity index is 2.09. The lowest BCUT2D eigenvalue weighted by atomic mass is 10.2. The predicted octanol–water partition coefficient (Wildman–Crippen LogP) is 1.98. The standard InChI is InChI=1S/C14H26N3O13P3S2/c1-14(2,3)35-34-8-26-9-6-12(17-5-4-11(15)16-13(17)18)28-10(9)7-27-32(22,23)30-33(24,25)29-31(19,20)21/h4-5,9-10,12H,6-8H2,1-3H3,(H,22,23)(H,24,25)(H2,15,16,18)(H2,19,20,21)/t9-,10?,12-/m1/s1. The number of nitrogen functional groups attached to an aromatic ring is 1. The maximum absolute atomic E-state index is 12.2. The van der Waals surface area contributed by atoms with Gasteiger partial charge in [-0.05, 0) is 6.07 Å². The summed E-state index contributed by atoms with van der Waals surface area (Å²) < 4.78 is 58.9. The van der Waals surface area contributed by atoms with Crippen molar-refractivity contribution in [2.24, 2.45) is 0 Å². The molecule has 202 valence electrons. The summed E-state index contributed by atoms with van der Waals surface area (Å²) in [4.78, 5) is 52.0. The Bertz CT molecular complexity index is 1080. The van der Waals surface area contributed by atoms with E-state index in [2.05, 4.69) is 18.1 Å². The summed E-state index contributed by atoms with van der Waals surface area (Å²) in [5.74, 6) is 0.181. The van der Waals surface area contributed by atoms with Gasteiger partial charge in [0.15, 0.2) is 0 Å². The van der Waals surface area contributed by atoms with E-state index >= 15 is 0 Å². The van der Waals surface area contributed by atoms with Gasteiger partial charge >= 0.3 is 29.2 Å². The number of anilines is 1. The van der Waals surface area contributed by atoms with Crippen LogP contribution in [0.25, 0.3) is 0 Å². The van der Waals surface area contributed by atoms with Crippen LogP contribution in [-0.2, 0) is 36.3 Å². The number of nitrogens with zero attached hydrogens (tertiary/aromatic N) is 2. The van der Waals surface area contributed by atoms with Crippen LogP contribution in [0.2, 0.25) is 0 Å². The van der Waals surface area contributed by atoms with Crippen molar-refractivity contribution in [3.8, 4) is 0 Å². The predicted molar refractivity (Wildman–Crippen MR) is 126 cm³/mol.